The van der Waals surface area contributed by atoms with E-state index in [9.17, 15) is 4.79 Å². The van der Waals surface area contributed by atoms with Crippen molar-refractivity contribution in [2.75, 3.05) is 0 Å². The maximum absolute atomic E-state index is 11.2. The fourth-order valence-corrected chi connectivity index (χ4v) is 1.10. The lowest BCUT2D eigenvalue weighted by molar-refractivity contribution is -0.143. The Hall–Kier alpha value is -0.900. The number of alkyl halides is 1. The number of ether oxygens (including phenoxy) is 1. The Kier molecular flexibility index (Phi) is 3.89. The Morgan fingerprint density at radius 3 is 2.77 bits per heavy atom. The van der Waals surface area contributed by atoms with Crippen molar-refractivity contribution >= 4 is 21.9 Å². The van der Waals surface area contributed by atoms with Crippen LogP contribution in [0.3, 0.4) is 0 Å². The van der Waals surface area contributed by atoms with Gasteiger partial charge < -0.3 is 4.74 Å². The highest BCUT2D eigenvalue weighted by Crippen LogP contribution is 2.04. The van der Waals surface area contributed by atoms with Crippen LogP contribution in [0, 0.1) is 0 Å². The quantitative estimate of drug-likeness (QED) is 0.602. The Labute approximate surface area is 85.3 Å². The lowest BCUT2D eigenvalue weighted by Gasteiger charge is -2.05. The molecule has 4 heteroatoms. The summed E-state index contributed by atoms with van der Waals surface area (Å²) in [5.74, 6) is -0.240. The van der Waals surface area contributed by atoms with Gasteiger partial charge in [0, 0.05) is 12.4 Å². The van der Waals surface area contributed by atoms with Crippen LogP contribution in [0.2, 0.25) is 0 Å². The van der Waals surface area contributed by atoms with Gasteiger partial charge in [-0.15, -0.1) is 0 Å². The fourth-order valence-electron chi connectivity index (χ4n) is 0.890. The van der Waals surface area contributed by atoms with Crippen molar-refractivity contribution in [1.29, 1.82) is 0 Å². The summed E-state index contributed by atoms with van der Waals surface area (Å²) in [5, 5.41) is -0.234. The second kappa shape index (κ2) is 4.97. The zero-order valence-corrected chi connectivity index (χ0v) is 8.82. The van der Waals surface area contributed by atoms with Gasteiger partial charge in [0.1, 0.15) is 0 Å². The van der Waals surface area contributed by atoms with Crippen LogP contribution < -0.4 is 0 Å². The molecule has 0 amide bonds. The molecule has 70 valence electrons. The van der Waals surface area contributed by atoms with E-state index in [1.807, 2.05) is 0 Å². The van der Waals surface area contributed by atoms with Crippen molar-refractivity contribution in [3.63, 3.8) is 0 Å². The van der Waals surface area contributed by atoms with Gasteiger partial charge in [0.05, 0.1) is 6.42 Å². The van der Waals surface area contributed by atoms with Gasteiger partial charge in [-0.25, -0.2) is 0 Å². The molecular formula is C9H10BrNO2. The average molecular weight is 244 g/mol. The summed E-state index contributed by atoms with van der Waals surface area (Å²) in [4.78, 5) is 15.0. The summed E-state index contributed by atoms with van der Waals surface area (Å²) < 4.78 is 4.91. The van der Waals surface area contributed by atoms with Gasteiger partial charge in [-0.3, -0.25) is 9.78 Å². The first-order chi connectivity index (χ1) is 6.18. The van der Waals surface area contributed by atoms with Crippen molar-refractivity contribution in [3.05, 3.63) is 30.1 Å². The molecule has 0 radical (unpaired) electrons. The van der Waals surface area contributed by atoms with E-state index >= 15 is 0 Å². The monoisotopic (exact) mass is 243 g/mol. The van der Waals surface area contributed by atoms with Gasteiger partial charge in [-0.2, -0.15) is 0 Å². The van der Waals surface area contributed by atoms with Crippen molar-refractivity contribution in [1.82, 2.24) is 4.98 Å². The van der Waals surface area contributed by atoms with E-state index < -0.39 is 0 Å². The topological polar surface area (TPSA) is 39.2 Å². The van der Waals surface area contributed by atoms with Gasteiger partial charge in [-0.05, 0) is 40.5 Å². The first kappa shape index (κ1) is 10.2. The highest BCUT2D eigenvalue weighted by atomic mass is 79.9. The SMILES string of the molecule is CC(Br)OC(=O)Cc1ccncc1. The zero-order chi connectivity index (χ0) is 9.68. The summed E-state index contributed by atoms with van der Waals surface area (Å²) >= 11 is 3.13. The maximum Gasteiger partial charge on any atom is 0.311 e. The first-order valence-electron chi connectivity index (χ1n) is 3.91. The van der Waals surface area contributed by atoms with Gasteiger partial charge in [0.25, 0.3) is 0 Å². The molecule has 1 unspecified atom stereocenters. The number of aromatic nitrogens is 1. The molecule has 0 bridgehead atoms. The highest BCUT2D eigenvalue weighted by Gasteiger charge is 2.06. The van der Waals surface area contributed by atoms with Crippen molar-refractivity contribution in [2.45, 2.75) is 18.4 Å². The lowest BCUT2D eigenvalue weighted by atomic mass is 10.2. The first-order valence-corrected chi connectivity index (χ1v) is 4.82. The van der Waals surface area contributed by atoms with E-state index in [1.54, 1.807) is 31.5 Å². The third-order valence-corrected chi connectivity index (χ3v) is 1.58. The molecule has 0 spiro atoms. The molecular weight excluding hydrogens is 234 g/mol. The predicted molar refractivity (Wildman–Crippen MR) is 52.4 cm³/mol. The molecule has 0 N–H and O–H groups in total. The fraction of sp³-hybridized carbons (Fsp3) is 0.333. The Balaban J connectivity index is 2.46. The maximum atomic E-state index is 11.2. The van der Waals surface area contributed by atoms with E-state index in [0.29, 0.717) is 6.42 Å². The summed E-state index contributed by atoms with van der Waals surface area (Å²) in [5.41, 5.74) is 0.910. The molecule has 1 aromatic rings. The number of carbonyl (C=O) groups excluding carboxylic acids is 1. The number of esters is 1. The van der Waals surface area contributed by atoms with E-state index in [1.165, 1.54) is 0 Å². The molecule has 1 heterocycles. The van der Waals surface area contributed by atoms with Gasteiger partial charge in [0.15, 0.2) is 5.01 Å². The summed E-state index contributed by atoms with van der Waals surface area (Å²) in [6, 6.07) is 3.58. The Bertz CT molecular complexity index is 274. The van der Waals surface area contributed by atoms with Crippen LogP contribution in [-0.2, 0) is 16.0 Å². The molecule has 0 aliphatic carbocycles. The lowest BCUT2D eigenvalue weighted by Crippen LogP contribution is -2.11. The molecule has 0 fully saturated rings. The smallest absolute Gasteiger partial charge is 0.311 e. The van der Waals surface area contributed by atoms with E-state index in [2.05, 4.69) is 20.9 Å². The molecule has 0 saturated heterocycles. The van der Waals surface area contributed by atoms with Crippen molar-refractivity contribution < 1.29 is 9.53 Å². The minimum Gasteiger partial charge on any atom is -0.451 e. The molecule has 0 aliphatic heterocycles. The van der Waals surface area contributed by atoms with Crippen LogP contribution in [0.1, 0.15) is 12.5 Å². The summed E-state index contributed by atoms with van der Waals surface area (Å²) in [6.45, 7) is 1.75. The molecule has 0 saturated carbocycles. The normalized spacial score (nSPS) is 12.2. The van der Waals surface area contributed by atoms with Crippen LogP contribution in [-0.4, -0.2) is 16.0 Å². The van der Waals surface area contributed by atoms with Crippen molar-refractivity contribution in [2.24, 2.45) is 0 Å². The summed E-state index contributed by atoms with van der Waals surface area (Å²) in [6.07, 6.45) is 3.60. The summed E-state index contributed by atoms with van der Waals surface area (Å²) in [7, 11) is 0. The van der Waals surface area contributed by atoms with Gasteiger partial charge in [0.2, 0.25) is 0 Å². The molecule has 0 aromatic carbocycles. The predicted octanol–water partition coefficient (Wildman–Crippen LogP) is 1.91. The number of nitrogens with zero attached hydrogens (tertiary/aromatic N) is 1. The van der Waals surface area contributed by atoms with Gasteiger partial charge in [-0.1, -0.05) is 0 Å². The Morgan fingerprint density at radius 1 is 1.62 bits per heavy atom. The number of hydrogen-bond acceptors (Lipinski definition) is 3. The minimum absolute atomic E-state index is 0.234. The molecule has 3 nitrogen and oxygen atoms in total. The molecule has 1 rings (SSSR count). The number of rotatable bonds is 3. The second-order valence-corrected chi connectivity index (χ2v) is 3.85. The average Bonchev–Trinajstić information content (AvgIpc) is 2.04. The number of halogens is 1. The van der Waals surface area contributed by atoms with Crippen LogP contribution in [0.15, 0.2) is 24.5 Å². The zero-order valence-electron chi connectivity index (χ0n) is 7.24. The van der Waals surface area contributed by atoms with Gasteiger partial charge >= 0.3 is 5.97 Å². The third-order valence-electron chi connectivity index (χ3n) is 1.39. The number of hydrogen-bond donors (Lipinski definition) is 0. The van der Waals surface area contributed by atoms with E-state index in [4.69, 9.17) is 4.74 Å². The van der Waals surface area contributed by atoms with Crippen LogP contribution >= 0.6 is 15.9 Å². The largest absolute Gasteiger partial charge is 0.451 e. The molecule has 1 atom stereocenters. The minimum atomic E-state index is -0.240. The molecule has 13 heavy (non-hydrogen) atoms. The number of carbonyl (C=O) groups is 1. The third kappa shape index (κ3) is 4.03. The molecule has 1 aromatic heterocycles. The van der Waals surface area contributed by atoms with Crippen molar-refractivity contribution in [3.8, 4) is 0 Å². The van der Waals surface area contributed by atoms with E-state index in [0.717, 1.165) is 5.56 Å². The standard InChI is InChI=1S/C9H10BrNO2/c1-7(10)13-9(12)6-8-2-4-11-5-3-8/h2-5,7H,6H2,1H3. The Morgan fingerprint density at radius 2 is 2.23 bits per heavy atom. The number of pyridine rings is 1. The van der Waals surface area contributed by atoms with E-state index in [-0.39, 0.29) is 11.0 Å². The van der Waals surface area contributed by atoms with Crippen LogP contribution in [0.5, 0.6) is 0 Å². The highest BCUT2D eigenvalue weighted by molar-refractivity contribution is 9.09. The molecule has 0 aliphatic rings. The second-order valence-electron chi connectivity index (χ2n) is 2.57. The van der Waals surface area contributed by atoms with Crippen LogP contribution in [0.4, 0.5) is 0 Å². The van der Waals surface area contributed by atoms with Crippen LogP contribution in [0.25, 0.3) is 0 Å².